The number of nitrogens with zero attached hydrogens (tertiary/aromatic N) is 2. The number of carbonyl (C=O) groups excluding carboxylic acids is 1. The highest BCUT2D eigenvalue weighted by molar-refractivity contribution is 6.31. The average molecular weight is 424 g/mol. The van der Waals surface area contributed by atoms with Crippen LogP contribution in [0, 0.1) is 17.0 Å². The third-order valence-electron chi connectivity index (χ3n) is 4.50. The van der Waals surface area contributed by atoms with Gasteiger partial charge in [0, 0.05) is 34.0 Å². The topological polar surface area (TPSA) is 118 Å². The molecule has 0 aliphatic carbocycles. The lowest BCUT2D eigenvalue weighted by atomic mass is 10.1. The molecular weight excluding hydrogens is 410 g/mol. The average Bonchev–Trinajstić information content (AvgIpc) is 3.10. The summed E-state index contributed by atoms with van der Waals surface area (Å²) in [5.74, 6) is -0.487. The van der Waals surface area contributed by atoms with Crippen LogP contribution in [-0.4, -0.2) is 20.9 Å². The van der Waals surface area contributed by atoms with Crippen LogP contribution in [0.1, 0.15) is 15.9 Å². The smallest absolute Gasteiger partial charge is 0.273 e. The first-order chi connectivity index (χ1) is 14.3. The molecule has 0 radical (unpaired) electrons. The number of aromatic hydroxyl groups is 1. The Balaban J connectivity index is 1.59. The van der Waals surface area contributed by atoms with Gasteiger partial charge in [-0.2, -0.15) is 0 Å². The highest BCUT2D eigenvalue weighted by Crippen LogP contribution is 2.34. The van der Waals surface area contributed by atoms with Crippen LogP contribution < -0.4 is 5.32 Å². The predicted octanol–water partition coefficient (Wildman–Crippen LogP) is 5.32. The number of oxazole rings is 1. The Morgan fingerprint density at radius 1 is 1.17 bits per heavy atom. The summed E-state index contributed by atoms with van der Waals surface area (Å²) in [5, 5.41) is 24.6. The number of nitrogens with one attached hydrogen (secondary N) is 1. The van der Waals surface area contributed by atoms with Gasteiger partial charge in [-0.25, -0.2) is 4.98 Å². The Bertz CT molecular complexity index is 1320. The second-order valence-electron chi connectivity index (χ2n) is 6.58. The lowest BCUT2D eigenvalue weighted by Crippen LogP contribution is -2.12. The number of aromatic nitrogens is 1. The van der Waals surface area contributed by atoms with E-state index in [0.29, 0.717) is 32.9 Å². The Labute approximate surface area is 174 Å². The largest absolute Gasteiger partial charge is 0.507 e. The van der Waals surface area contributed by atoms with Gasteiger partial charge >= 0.3 is 0 Å². The Hall–Kier alpha value is -3.91. The molecule has 30 heavy (non-hydrogen) atoms. The van der Waals surface area contributed by atoms with Crippen LogP contribution in [0.3, 0.4) is 0 Å². The molecule has 0 saturated heterocycles. The molecule has 8 nitrogen and oxygen atoms in total. The van der Waals surface area contributed by atoms with E-state index in [2.05, 4.69) is 10.3 Å². The number of phenolic OH excluding ortho intramolecular Hbond substituents is 1. The summed E-state index contributed by atoms with van der Waals surface area (Å²) in [6.45, 7) is 1.59. The van der Waals surface area contributed by atoms with E-state index in [4.69, 9.17) is 16.0 Å². The van der Waals surface area contributed by atoms with Crippen LogP contribution >= 0.6 is 11.6 Å². The Morgan fingerprint density at radius 2 is 1.97 bits per heavy atom. The molecule has 0 bridgehead atoms. The molecule has 2 N–H and O–H groups in total. The number of nitro benzene ring substituents is 1. The minimum Gasteiger partial charge on any atom is -0.507 e. The van der Waals surface area contributed by atoms with Crippen molar-refractivity contribution in [3.8, 4) is 17.2 Å². The van der Waals surface area contributed by atoms with Gasteiger partial charge in [-0.05, 0) is 43.3 Å². The molecule has 0 unspecified atom stereocenters. The predicted molar refractivity (Wildman–Crippen MR) is 112 cm³/mol. The zero-order chi connectivity index (χ0) is 21.4. The van der Waals surface area contributed by atoms with Crippen molar-refractivity contribution in [3.63, 3.8) is 0 Å². The van der Waals surface area contributed by atoms with Crippen molar-refractivity contribution < 1.29 is 19.2 Å². The molecule has 0 spiro atoms. The molecule has 1 aromatic heterocycles. The van der Waals surface area contributed by atoms with Gasteiger partial charge in [0.2, 0.25) is 5.89 Å². The summed E-state index contributed by atoms with van der Waals surface area (Å²) in [6, 6.07) is 13.7. The van der Waals surface area contributed by atoms with Gasteiger partial charge in [0.1, 0.15) is 11.3 Å². The molecule has 0 fully saturated rings. The van der Waals surface area contributed by atoms with Crippen molar-refractivity contribution >= 4 is 40.0 Å². The van der Waals surface area contributed by atoms with Crippen molar-refractivity contribution in [1.29, 1.82) is 0 Å². The van der Waals surface area contributed by atoms with Crippen LogP contribution in [0.4, 0.5) is 11.4 Å². The van der Waals surface area contributed by atoms with Crippen molar-refractivity contribution in [1.82, 2.24) is 4.98 Å². The molecule has 0 atom stereocenters. The lowest BCUT2D eigenvalue weighted by Gasteiger charge is -2.08. The number of amides is 1. The quantitative estimate of drug-likeness (QED) is 0.338. The number of hydrogen-bond acceptors (Lipinski definition) is 6. The van der Waals surface area contributed by atoms with E-state index in [0.717, 1.165) is 0 Å². The number of rotatable bonds is 4. The molecule has 4 rings (SSSR count). The van der Waals surface area contributed by atoms with Crippen molar-refractivity contribution in [2.24, 2.45) is 0 Å². The van der Waals surface area contributed by atoms with Gasteiger partial charge in [-0.15, -0.1) is 0 Å². The monoisotopic (exact) mass is 423 g/mol. The SMILES string of the molecule is Cc1ccc(C(=O)Nc2ccc(-c3nc4cc(Cl)ccc4o3)c(O)c2)cc1[N+](=O)[O-]. The third kappa shape index (κ3) is 3.68. The van der Waals surface area contributed by atoms with E-state index >= 15 is 0 Å². The van der Waals surface area contributed by atoms with Gasteiger partial charge in [0.15, 0.2) is 5.58 Å². The summed E-state index contributed by atoms with van der Waals surface area (Å²) in [7, 11) is 0. The van der Waals surface area contributed by atoms with E-state index in [9.17, 15) is 20.0 Å². The Kier molecular flexibility index (Phi) is 4.85. The Morgan fingerprint density at radius 3 is 2.70 bits per heavy atom. The second kappa shape index (κ2) is 7.49. The number of halogens is 1. The van der Waals surface area contributed by atoms with E-state index < -0.39 is 10.8 Å². The normalized spacial score (nSPS) is 10.9. The van der Waals surface area contributed by atoms with E-state index in [1.54, 1.807) is 37.3 Å². The minimum absolute atomic E-state index is 0.131. The molecule has 4 aromatic rings. The summed E-state index contributed by atoms with van der Waals surface area (Å²) in [6.07, 6.45) is 0. The van der Waals surface area contributed by atoms with Gasteiger partial charge in [-0.3, -0.25) is 14.9 Å². The fourth-order valence-electron chi connectivity index (χ4n) is 2.96. The van der Waals surface area contributed by atoms with E-state index in [-0.39, 0.29) is 22.9 Å². The van der Waals surface area contributed by atoms with Crippen LogP contribution in [0.15, 0.2) is 59.0 Å². The zero-order valence-electron chi connectivity index (χ0n) is 15.5. The maximum atomic E-state index is 12.5. The van der Waals surface area contributed by atoms with Crippen molar-refractivity contribution in [2.75, 3.05) is 5.32 Å². The first-order valence-corrected chi connectivity index (χ1v) is 9.15. The van der Waals surface area contributed by atoms with E-state index in [1.165, 1.54) is 24.3 Å². The van der Waals surface area contributed by atoms with Gasteiger partial charge in [-0.1, -0.05) is 17.7 Å². The van der Waals surface area contributed by atoms with Crippen LogP contribution in [-0.2, 0) is 0 Å². The number of phenols is 1. The fraction of sp³-hybridized carbons (Fsp3) is 0.0476. The van der Waals surface area contributed by atoms with Crippen molar-refractivity contribution in [2.45, 2.75) is 6.92 Å². The minimum atomic E-state index is -0.541. The molecular formula is C21H14ClN3O5. The van der Waals surface area contributed by atoms with Crippen molar-refractivity contribution in [3.05, 3.63) is 80.9 Å². The maximum absolute atomic E-state index is 12.5. The molecule has 150 valence electrons. The number of aryl methyl sites for hydroxylation is 1. The van der Waals surface area contributed by atoms with Crippen LogP contribution in [0.25, 0.3) is 22.6 Å². The highest BCUT2D eigenvalue weighted by atomic mass is 35.5. The molecule has 1 heterocycles. The molecule has 0 aliphatic rings. The summed E-state index contributed by atoms with van der Waals surface area (Å²) < 4.78 is 5.65. The number of carbonyl (C=O) groups is 1. The fourth-order valence-corrected chi connectivity index (χ4v) is 3.12. The van der Waals surface area contributed by atoms with Gasteiger partial charge in [0.05, 0.1) is 10.5 Å². The second-order valence-corrected chi connectivity index (χ2v) is 7.01. The first kappa shape index (κ1) is 19.4. The summed E-state index contributed by atoms with van der Waals surface area (Å²) in [4.78, 5) is 27.3. The highest BCUT2D eigenvalue weighted by Gasteiger charge is 2.17. The zero-order valence-corrected chi connectivity index (χ0v) is 16.3. The third-order valence-corrected chi connectivity index (χ3v) is 4.74. The van der Waals surface area contributed by atoms with E-state index in [1.807, 2.05) is 0 Å². The first-order valence-electron chi connectivity index (χ1n) is 8.78. The number of benzene rings is 3. The molecule has 1 amide bonds. The maximum Gasteiger partial charge on any atom is 0.273 e. The summed E-state index contributed by atoms with van der Waals surface area (Å²) >= 11 is 5.95. The summed E-state index contributed by atoms with van der Waals surface area (Å²) in [5.41, 5.74) is 2.17. The number of fused-ring (bicyclic) bond motifs is 1. The number of anilines is 1. The van der Waals surface area contributed by atoms with Gasteiger partial charge < -0.3 is 14.8 Å². The molecule has 0 saturated carbocycles. The van der Waals surface area contributed by atoms with Crippen LogP contribution in [0.5, 0.6) is 5.75 Å². The lowest BCUT2D eigenvalue weighted by molar-refractivity contribution is -0.385. The van der Waals surface area contributed by atoms with Crippen LogP contribution in [0.2, 0.25) is 5.02 Å². The van der Waals surface area contributed by atoms with Gasteiger partial charge in [0.25, 0.3) is 11.6 Å². The standard InChI is InChI=1S/C21H14ClN3O5/c1-11-2-3-12(8-17(11)25(28)29)20(27)23-14-5-6-15(18(26)10-14)21-24-16-9-13(22)4-7-19(16)30-21/h2-10,26H,1H3,(H,23,27). The number of hydrogen-bond donors (Lipinski definition) is 2. The number of nitro groups is 1. The molecule has 3 aromatic carbocycles. The molecule has 0 aliphatic heterocycles. The molecule has 9 heteroatoms.